The van der Waals surface area contributed by atoms with Crippen molar-refractivity contribution < 1.29 is 14.5 Å². The first kappa shape index (κ1) is 22.1. The SMILES string of the molecule is C#CCCN1/C(=C/C2=C(O)C(=C/c3sc4ccccc4[n+]3CCC#C)/C2=O)Sc2ccccc21. The van der Waals surface area contributed by atoms with Crippen LogP contribution in [0.5, 0.6) is 0 Å². The number of aliphatic hydroxyl groups excluding tert-OH is 1. The monoisotopic (exact) mass is 481 g/mol. The number of Topliss-reactive ketones (excluding diaryl/α,β-unsaturated/α-hetero) is 1. The number of carbonyl (C=O) groups is 1. The van der Waals surface area contributed by atoms with Crippen LogP contribution in [-0.2, 0) is 11.3 Å². The van der Waals surface area contributed by atoms with Crippen molar-refractivity contribution in [1.29, 1.82) is 0 Å². The molecular weight excluding hydrogens is 460 g/mol. The second-order valence-corrected chi connectivity index (χ2v) is 9.95. The van der Waals surface area contributed by atoms with E-state index in [9.17, 15) is 9.90 Å². The smallest absolute Gasteiger partial charge is 0.263 e. The van der Waals surface area contributed by atoms with E-state index in [1.165, 1.54) is 0 Å². The zero-order chi connectivity index (χ0) is 23.7. The number of benzene rings is 2. The number of aromatic nitrogens is 1. The van der Waals surface area contributed by atoms with E-state index in [0.717, 1.165) is 30.8 Å². The number of thioether (sulfide) groups is 1. The summed E-state index contributed by atoms with van der Waals surface area (Å²) < 4.78 is 3.21. The average Bonchev–Trinajstić information content (AvgIpc) is 3.40. The van der Waals surface area contributed by atoms with Crippen LogP contribution in [0.3, 0.4) is 0 Å². The van der Waals surface area contributed by atoms with E-state index >= 15 is 0 Å². The fourth-order valence-corrected chi connectivity index (χ4v) is 6.35. The fraction of sp³-hybridized carbons (Fsp3) is 0.143. The second kappa shape index (κ2) is 9.27. The number of allylic oxidation sites excluding steroid dienone is 3. The lowest BCUT2D eigenvalue weighted by Crippen LogP contribution is -2.35. The summed E-state index contributed by atoms with van der Waals surface area (Å²) >= 11 is 3.15. The molecular formula is C28H21N2O2S2+. The van der Waals surface area contributed by atoms with Gasteiger partial charge in [-0.1, -0.05) is 47.4 Å². The van der Waals surface area contributed by atoms with Gasteiger partial charge in [-0.25, -0.2) is 0 Å². The van der Waals surface area contributed by atoms with Crippen molar-refractivity contribution in [3.63, 3.8) is 0 Å². The van der Waals surface area contributed by atoms with Crippen molar-refractivity contribution in [1.82, 2.24) is 0 Å². The number of aryl methyl sites for hydroxylation is 1. The molecule has 2 heterocycles. The van der Waals surface area contributed by atoms with Crippen molar-refractivity contribution in [2.75, 3.05) is 11.4 Å². The van der Waals surface area contributed by atoms with Gasteiger partial charge in [0.2, 0.25) is 11.3 Å². The number of hydrogen-bond donors (Lipinski definition) is 1. The predicted molar refractivity (Wildman–Crippen MR) is 139 cm³/mol. The maximum atomic E-state index is 13.1. The van der Waals surface area contributed by atoms with Gasteiger partial charge in [-0.2, -0.15) is 4.57 Å². The normalized spacial score (nSPS) is 17.2. The predicted octanol–water partition coefficient (Wildman–Crippen LogP) is 5.47. The summed E-state index contributed by atoms with van der Waals surface area (Å²) in [5.41, 5.74) is 2.78. The molecule has 2 aromatic carbocycles. The highest BCUT2D eigenvalue weighted by Crippen LogP contribution is 2.47. The molecule has 34 heavy (non-hydrogen) atoms. The molecule has 3 aromatic rings. The van der Waals surface area contributed by atoms with Crippen molar-refractivity contribution in [2.45, 2.75) is 24.3 Å². The highest BCUT2D eigenvalue weighted by atomic mass is 32.2. The molecule has 0 fully saturated rings. The molecule has 0 bridgehead atoms. The Balaban J connectivity index is 1.50. The fourth-order valence-electron chi connectivity index (χ4n) is 4.09. The van der Waals surface area contributed by atoms with Crippen LogP contribution >= 0.6 is 23.1 Å². The lowest BCUT2D eigenvalue weighted by atomic mass is 9.88. The van der Waals surface area contributed by atoms with E-state index in [4.69, 9.17) is 12.8 Å². The van der Waals surface area contributed by atoms with Crippen molar-refractivity contribution >= 4 is 50.9 Å². The highest BCUT2D eigenvalue weighted by Gasteiger charge is 2.36. The number of thiazole rings is 1. The maximum Gasteiger partial charge on any atom is 0.263 e. The van der Waals surface area contributed by atoms with Crippen molar-refractivity contribution in [3.05, 3.63) is 81.5 Å². The molecule has 6 heteroatoms. The minimum Gasteiger partial charge on any atom is -0.506 e. The summed E-state index contributed by atoms with van der Waals surface area (Å²) in [7, 11) is 0. The third-order valence-electron chi connectivity index (χ3n) is 5.77. The Morgan fingerprint density at radius 3 is 2.59 bits per heavy atom. The molecule has 2 aliphatic rings. The van der Waals surface area contributed by atoms with Crippen LogP contribution in [0, 0.1) is 24.7 Å². The Kier molecular flexibility index (Phi) is 6.02. The highest BCUT2D eigenvalue weighted by molar-refractivity contribution is 8.03. The number of aliphatic hydroxyl groups is 1. The summed E-state index contributed by atoms with van der Waals surface area (Å²) in [6.07, 6.45) is 15.7. The number of ketones is 1. The van der Waals surface area contributed by atoms with E-state index in [2.05, 4.69) is 21.3 Å². The summed E-state index contributed by atoms with van der Waals surface area (Å²) in [5, 5.41) is 12.6. The van der Waals surface area contributed by atoms with Gasteiger partial charge < -0.3 is 10.0 Å². The zero-order valence-corrected chi connectivity index (χ0v) is 20.0. The number of hydrogen-bond acceptors (Lipinski definition) is 5. The molecule has 0 spiro atoms. The number of para-hydroxylation sites is 2. The molecule has 0 atom stereocenters. The molecule has 0 saturated heterocycles. The molecule has 0 amide bonds. The molecule has 1 aliphatic heterocycles. The molecule has 5 rings (SSSR count). The van der Waals surface area contributed by atoms with E-state index < -0.39 is 0 Å². The molecule has 1 N–H and O–H groups in total. The van der Waals surface area contributed by atoms with Gasteiger partial charge in [0.1, 0.15) is 10.5 Å². The van der Waals surface area contributed by atoms with Crippen LogP contribution < -0.4 is 9.47 Å². The standard InChI is InChI=1S/C28H20N2O2S2/c1-3-5-15-29-21-11-7-9-13-23(21)33-25(29)17-19-27(31)20(28(19)32)18-26-30(16-6-4-2)22-12-8-10-14-24(22)34-26/h1-2,7-14,17-18H,5-6,15-16H2/p+1. The first-order valence-corrected chi connectivity index (χ1v) is 12.5. The molecule has 0 radical (unpaired) electrons. The molecule has 166 valence electrons. The first-order valence-electron chi connectivity index (χ1n) is 10.9. The van der Waals surface area contributed by atoms with Gasteiger partial charge in [0.05, 0.1) is 28.3 Å². The van der Waals surface area contributed by atoms with Gasteiger partial charge in [0, 0.05) is 30.0 Å². The average molecular weight is 482 g/mol. The topological polar surface area (TPSA) is 44.4 Å². The molecule has 0 saturated carbocycles. The van der Waals surface area contributed by atoms with Gasteiger partial charge in [-0.05, 0) is 24.3 Å². The lowest BCUT2D eigenvalue weighted by Gasteiger charge is -2.22. The van der Waals surface area contributed by atoms with E-state index in [-0.39, 0.29) is 11.5 Å². The van der Waals surface area contributed by atoms with Gasteiger partial charge in [-0.15, -0.1) is 24.7 Å². The Morgan fingerprint density at radius 2 is 1.79 bits per heavy atom. The van der Waals surface area contributed by atoms with Gasteiger partial charge in [0.25, 0.3) is 5.01 Å². The molecule has 4 nitrogen and oxygen atoms in total. The second-order valence-electron chi connectivity index (χ2n) is 7.82. The number of anilines is 1. The molecule has 1 aliphatic carbocycles. The number of terminal acetylenes is 2. The quantitative estimate of drug-likeness (QED) is 0.288. The molecule has 1 aromatic heterocycles. The number of nitrogens with zero attached hydrogens (tertiary/aromatic N) is 2. The van der Waals surface area contributed by atoms with Gasteiger partial charge in [0.15, 0.2) is 6.54 Å². The Morgan fingerprint density at radius 1 is 1.03 bits per heavy atom. The Hall–Kier alpha value is -3.71. The third kappa shape index (κ3) is 3.82. The number of carbonyl (C=O) groups excluding carboxylic acids is 1. The van der Waals surface area contributed by atoms with Crippen LogP contribution in [0.25, 0.3) is 16.3 Å². The van der Waals surface area contributed by atoms with Gasteiger partial charge in [-0.3, -0.25) is 4.79 Å². The van der Waals surface area contributed by atoms with Crippen LogP contribution in [0.2, 0.25) is 0 Å². The third-order valence-corrected chi connectivity index (χ3v) is 7.99. The summed E-state index contributed by atoms with van der Waals surface area (Å²) in [4.78, 5) is 16.3. The zero-order valence-electron chi connectivity index (χ0n) is 18.3. The van der Waals surface area contributed by atoms with E-state index in [1.807, 2.05) is 48.5 Å². The van der Waals surface area contributed by atoms with Crippen LogP contribution in [0.15, 0.2) is 81.4 Å². The van der Waals surface area contributed by atoms with Crippen molar-refractivity contribution in [2.24, 2.45) is 0 Å². The van der Waals surface area contributed by atoms with Gasteiger partial charge >= 0.3 is 0 Å². The first-order chi connectivity index (χ1) is 16.6. The van der Waals surface area contributed by atoms with Crippen LogP contribution in [-0.4, -0.2) is 17.4 Å². The van der Waals surface area contributed by atoms with Crippen LogP contribution in [0.4, 0.5) is 5.69 Å². The Labute approximate surface area is 206 Å². The minimum absolute atomic E-state index is 0.0203. The minimum atomic E-state index is -0.167. The summed E-state index contributed by atoms with van der Waals surface area (Å²) in [5.74, 6) is 5.21. The van der Waals surface area contributed by atoms with Crippen molar-refractivity contribution in [3.8, 4) is 24.7 Å². The summed E-state index contributed by atoms with van der Waals surface area (Å²) in [6.45, 7) is 1.29. The maximum absolute atomic E-state index is 13.1. The number of rotatable bonds is 6. The summed E-state index contributed by atoms with van der Waals surface area (Å²) in [6, 6.07) is 16.1. The lowest BCUT2D eigenvalue weighted by molar-refractivity contribution is -0.667. The Bertz CT molecular complexity index is 1490. The van der Waals surface area contributed by atoms with E-state index in [0.29, 0.717) is 37.1 Å². The van der Waals surface area contributed by atoms with Crippen LogP contribution in [0.1, 0.15) is 17.8 Å². The molecule has 0 unspecified atom stereocenters. The number of fused-ring (bicyclic) bond motifs is 2. The van der Waals surface area contributed by atoms with E-state index in [1.54, 1.807) is 35.3 Å². The largest absolute Gasteiger partial charge is 0.506 e.